The summed E-state index contributed by atoms with van der Waals surface area (Å²) in [5.74, 6) is 0.798. The van der Waals surface area contributed by atoms with Crippen LogP contribution < -0.4 is 14.9 Å². The predicted octanol–water partition coefficient (Wildman–Crippen LogP) is 3.95. The van der Waals surface area contributed by atoms with Crippen molar-refractivity contribution in [1.82, 2.24) is 9.88 Å². The highest BCUT2D eigenvalue weighted by atomic mass is 16.5. The number of pyridine rings is 1. The second-order valence-corrected chi connectivity index (χ2v) is 7.48. The van der Waals surface area contributed by atoms with E-state index in [4.69, 9.17) is 13.9 Å². The molecule has 5 rings (SSSR count). The summed E-state index contributed by atoms with van der Waals surface area (Å²) in [5, 5.41) is 0.438. The average Bonchev–Trinajstić information content (AvgIpc) is 3.11. The van der Waals surface area contributed by atoms with E-state index in [-0.39, 0.29) is 23.6 Å². The van der Waals surface area contributed by atoms with Gasteiger partial charge in [-0.2, -0.15) is 0 Å². The number of rotatable bonds is 5. The Bertz CT molecular complexity index is 1380. The lowest BCUT2D eigenvalue weighted by Crippen LogP contribution is -2.29. The minimum absolute atomic E-state index is 0.0670. The molecule has 1 amide bonds. The number of para-hydroxylation sites is 1. The highest BCUT2D eigenvalue weighted by Gasteiger charge is 2.43. The van der Waals surface area contributed by atoms with Gasteiger partial charge in [-0.25, -0.2) is 0 Å². The first kappa shape index (κ1) is 19.8. The largest absolute Gasteiger partial charge is 0.493 e. The van der Waals surface area contributed by atoms with Crippen LogP contribution in [-0.2, 0) is 6.54 Å². The van der Waals surface area contributed by atoms with E-state index in [0.29, 0.717) is 28.0 Å². The molecule has 0 aliphatic carbocycles. The standard InChI is InChI=1S/C25H20N2O5/c1-30-19-10-9-16(12-20(19)31-2)22-21-23(28)17-7-3-4-8-18(17)32-24(21)25(29)27(22)14-15-6-5-11-26-13-15/h3-13,22H,14H2,1-2H3/t22-/m0/s1. The maximum atomic E-state index is 13.5. The number of ether oxygens (including phenoxy) is 2. The quantitative estimate of drug-likeness (QED) is 0.479. The van der Waals surface area contributed by atoms with Gasteiger partial charge in [-0.3, -0.25) is 14.6 Å². The number of carbonyl (C=O) groups excluding carboxylic acids is 1. The number of benzene rings is 2. The van der Waals surface area contributed by atoms with Crippen molar-refractivity contribution in [3.8, 4) is 11.5 Å². The van der Waals surface area contributed by atoms with Crippen LogP contribution in [0.25, 0.3) is 11.0 Å². The van der Waals surface area contributed by atoms with E-state index in [2.05, 4.69) is 4.98 Å². The van der Waals surface area contributed by atoms with E-state index in [9.17, 15) is 9.59 Å². The molecule has 7 heteroatoms. The van der Waals surface area contributed by atoms with Crippen LogP contribution in [0.1, 0.15) is 33.3 Å². The van der Waals surface area contributed by atoms with Crippen LogP contribution in [0.3, 0.4) is 0 Å². The van der Waals surface area contributed by atoms with Crippen molar-refractivity contribution < 1.29 is 18.7 Å². The Morgan fingerprint density at radius 1 is 1.00 bits per heavy atom. The van der Waals surface area contributed by atoms with Gasteiger partial charge in [0, 0.05) is 18.9 Å². The Morgan fingerprint density at radius 2 is 1.81 bits per heavy atom. The second kappa shape index (κ2) is 7.85. The number of carbonyl (C=O) groups is 1. The molecule has 1 atom stereocenters. The molecule has 0 bridgehead atoms. The van der Waals surface area contributed by atoms with Crippen LogP contribution >= 0.6 is 0 Å². The Kier molecular flexibility index (Phi) is 4.86. The molecule has 0 saturated heterocycles. The van der Waals surface area contributed by atoms with Crippen LogP contribution in [0.2, 0.25) is 0 Å². The molecule has 2 aromatic carbocycles. The highest BCUT2D eigenvalue weighted by Crippen LogP contribution is 2.41. The van der Waals surface area contributed by atoms with Gasteiger partial charge in [-0.15, -0.1) is 0 Å². The van der Waals surface area contributed by atoms with Crippen molar-refractivity contribution in [2.24, 2.45) is 0 Å². The first-order valence-corrected chi connectivity index (χ1v) is 10.1. The van der Waals surface area contributed by atoms with Gasteiger partial charge in [0.05, 0.1) is 31.2 Å². The van der Waals surface area contributed by atoms with Crippen molar-refractivity contribution in [1.29, 1.82) is 0 Å². The summed E-state index contributed by atoms with van der Waals surface area (Å²) in [6.45, 7) is 0.270. The number of methoxy groups -OCH3 is 2. The normalized spacial score (nSPS) is 15.1. The molecular formula is C25H20N2O5. The van der Waals surface area contributed by atoms with Crippen LogP contribution in [0.4, 0.5) is 0 Å². The molecule has 3 heterocycles. The van der Waals surface area contributed by atoms with Gasteiger partial charge in [0.2, 0.25) is 5.76 Å². The van der Waals surface area contributed by atoms with Crippen molar-refractivity contribution in [3.63, 3.8) is 0 Å². The van der Waals surface area contributed by atoms with Gasteiger partial charge in [0.25, 0.3) is 5.91 Å². The fourth-order valence-electron chi connectivity index (χ4n) is 4.19. The fraction of sp³-hybridized carbons (Fsp3) is 0.160. The molecule has 2 aromatic heterocycles. The van der Waals surface area contributed by atoms with E-state index in [0.717, 1.165) is 11.1 Å². The Hall–Kier alpha value is -4.13. The molecule has 0 radical (unpaired) electrons. The van der Waals surface area contributed by atoms with Crippen molar-refractivity contribution in [2.75, 3.05) is 14.2 Å². The average molecular weight is 428 g/mol. The molecule has 160 valence electrons. The third kappa shape index (κ3) is 3.10. The summed E-state index contributed by atoms with van der Waals surface area (Å²) in [5.41, 5.74) is 2.06. The number of hydrogen-bond donors (Lipinski definition) is 0. The first-order valence-electron chi connectivity index (χ1n) is 10.1. The van der Waals surface area contributed by atoms with Crippen LogP contribution in [-0.4, -0.2) is 30.0 Å². The SMILES string of the molecule is COc1ccc([C@H]2c3c(oc4ccccc4c3=O)C(=O)N2Cc2cccnc2)cc1OC. The zero-order chi connectivity index (χ0) is 22.2. The maximum absolute atomic E-state index is 13.5. The highest BCUT2D eigenvalue weighted by molar-refractivity contribution is 5.99. The Labute approximate surface area is 183 Å². The topological polar surface area (TPSA) is 81.9 Å². The predicted molar refractivity (Wildman–Crippen MR) is 118 cm³/mol. The number of aromatic nitrogens is 1. The molecule has 0 N–H and O–H groups in total. The number of nitrogens with zero attached hydrogens (tertiary/aromatic N) is 2. The monoisotopic (exact) mass is 428 g/mol. The van der Waals surface area contributed by atoms with E-state index < -0.39 is 6.04 Å². The molecule has 0 spiro atoms. The lowest BCUT2D eigenvalue weighted by Gasteiger charge is -2.25. The smallest absolute Gasteiger partial charge is 0.291 e. The third-order valence-corrected chi connectivity index (χ3v) is 5.67. The fourth-order valence-corrected chi connectivity index (χ4v) is 4.19. The van der Waals surface area contributed by atoms with Crippen LogP contribution in [0.15, 0.2) is 76.2 Å². The van der Waals surface area contributed by atoms with E-state index in [1.54, 1.807) is 67.9 Å². The minimum atomic E-state index is -0.640. The minimum Gasteiger partial charge on any atom is -0.493 e. The second-order valence-electron chi connectivity index (χ2n) is 7.48. The molecule has 1 aliphatic rings. The third-order valence-electron chi connectivity index (χ3n) is 5.67. The maximum Gasteiger partial charge on any atom is 0.291 e. The van der Waals surface area contributed by atoms with Gasteiger partial charge < -0.3 is 18.8 Å². The van der Waals surface area contributed by atoms with Gasteiger partial charge >= 0.3 is 0 Å². The first-order chi connectivity index (χ1) is 15.6. The molecule has 32 heavy (non-hydrogen) atoms. The van der Waals surface area contributed by atoms with Gasteiger partial charge in [-0.05, 0) is 41.5 Å². The Morgan fingerprint density at radius 3 is 2.56 bits per heavy atom. The molecule has 1 aliphatic heterocycles. The summed E-state index contributed by atoms with van der Waals surface area (Å²) in [6, 6.07) is 15.4. The lowest BCUT2D eigenvalue weighted by molar-refractivity contribution is 0.0714. The van der Waals surface area contributed by atoms with E-state index >= 15 is 0 Å². The molecule has 0 fully saturated rings. The lowest BCUT2D eigenvalue weighted by atomic mass is 9.98. The van der Waals surface area contributed by atoms with Gasteiger partial charge in [0.1, 0.15) is 5.58 Å². The number of fused-ring (bicyclic) bond motifs is 2. The summed E-state index contributed by atoms with van der Waals surface area (Å²) in [4.78, 5) is 32.8. The molecule has 4 aromatic rings. The summed E-state index contributed by atoms with van der Waals surface area (Å²) >= 11 is 0. The molecule has 7 nitrogen and oxygen atoms in total. The number of amides is 1. The van der Waals surface area contributed by atoms with Crippen molar-refractivity contribution >= 4 is 16.9 Å². The van der Waals surface area contributed by atoms with Gasteiger partial charge in [-0.1, -0.05) is 24.3 Å². The molecule has 0 unspecified atom stereocenters. The van der Waals surface area contributed by atoms with Crippen LogP contribution in [0.5, 0.6) is 11.5 Å². The summed E-state index contributed by atoms with van der Waals surface area (Å²) in [7, 11) is 3.10. The van der Waals surface area contributed by atoms with Crippen molar-refractivity contribution in [3.05, 3.63) is 99.7 Å². The Balaban J connectivity index is 1.73. The zero-order valence-corrected chi connectivity index (χ0v) is 17.6. The van der Waals surface area contributed by atoms with E-state index in [1.807, 2.05) is 18.2 Å². The molecule has 0 saturated carbocycles. The van der Waals surface area contributed by atoms with Gasteiger partial charge in [0.15, 0.2) is 16.9 Å². The zero-order valence-electron chi connectivity index (χ0n) is 17.6. The summed E-state index contributed by atoms with van der Waals surface area (Å²) in [6.07, 6.45) is 3.38. The number of hydrogen-bond acceptors (Lipinski definition) is 6. The molecular weight excluding hydrogens is 408 g/mol. The van der Waals surface area contributed by atoms with Crippen LogP contribution in [0, 0.1) is 0 Å². The summed E-state index contributed by atoms with van der Waals surface area (Å²) < 4.78 is 16.8. The van der Waals surface area contributed by atoms with E-state index in [1.165, 1.54) is 0 Å². The van der Waals surface area contributed by atoms with Crippen molar-refractivity contribution in [2.45, 2.75) is 12.6 Å².